The third kappa shape index (κ3) is 1.83. The van der Waals surface area contributed by atoms with Crippen molar-refractivity contribution in [3.8, 4) is 0 Å². The largest absolute Gasteiger partial charge is 0.326 e. The molecule has 0 aliphatic rings. The Kier molecular flexibility index (Phi) is 2.71. The maximum absolute atomic E-state index is 12.6. The molecular weight excluding hydrogens is 188 g/mol. The Labute approximate surface area is 73.9 Å². The molecule has 1 nitrogen and oxygen atoms in total. The van der Waals surface area contributed by atoms with Crippen LogP contribution in [0.25, 0.3) is 0 Å². The Morgan fingerprint density at radius 2 is 2.00 bits per heavy atom. The van der Waals surface area contributed by atoms with Crippen molar-refractivity contribution in [2.24, 2.45) is 5.73 Å². The highest BCUT2D eigenvalue weighted by atomic mass is 35.5. The predicted octanol–water partition coefficient (Wildman–Crippen LogP) is 2.59. The molecule has 0 unspecified atom stereocenters. The van der Waals surface area contributed by atoms with Crippen molar-refractivity contribution in [2.75, 3.05) is 0 Å². The van der Waals surface area contributed by atoms with E-state index in [4.69, 9.17) is 28.9 Å². The van der Waals surface area contributed by atoms with Gasteiger partial charge in [0.1, 0.15) is 5.82 Å². The van der Waals surface area contributed by atoms with Gasteiger partial charge >= 0.3 is 0 Å². The first-order chi connectivity index (χ1) is 5.15. The molecule has 4 heteroatoms. The van der Waals surface area contributed by atoms with Crippen LogP contribution in [0.5, 0.6) is 0 Å². The van der Waals surface area contributed by atoms with Crippen LogP contribution in [0.4, 0.5) is 4.39 Å². The average Bonchev–Trinajstić information content (AvgIpc) is 1.96. The van der Waals surface area contributed by atoms with Crippen LogP contribution in [0.1, 0.15) is 5.56 Å². The first-order valence-electron chi connectivity index (χ1n) is 2.98. The van der Waals surface area contributed by atoms with E-state index in [-0.39, 0.29) is 11.6 Å². The number of hydrogen-bond donors (Lipinski definition) is 1. The molecule has 60 valence electrons. The van der Waals surface area contributed by atoms with Crippen molar-refractivity contribution in [3.63, 3.8) is 0 Å². The van der Waals surface area contributed by atoms with Crippen molar-refractivity contribution >= 4 is 23.2 Å². The zero-order chi connectivity index (χ0) is 8.43. The Bertz CT molecular complexity index is 275. The second kappa shape index (κ2) is 3.39. The van der Waals surface area contributed by atoms with E-state index >= 15 is 0 Å². The predicted molar refractivity (Wildman–Crippen MR) is 44.3 cm³/mol. The highest BCUT2D eigenvalue weighted by molar-refractivity contribution is 6.42. The van der Waals surface area contributed by atoms with Gasteiger partial charge in [0.2, 0.25) is 0 Å². The molecule has 11 heavy (non-hydrogen) atoms. The molecule has 0 aromatic heterocycles. The molecule has 1 aromatic rings. The van der Waals surface area contributed by atoms with Crippen LogP contribution in [0, 0.1) is 5.82 Å². The molecular formula is C7H6Cl2FN. The van der Waals surface area contributed by atoms with E-state index in [2.05, 4.69) is 0 Å². The Balaban J connectivity index is 3.24. The van der Waals surface area contributed by atoms with Gasteiger partial charge in [-0.1, -0.05) is 23.2 Å². The van der Waals surface area contributed by atoms with Crippen LogP contribution >= 0.6 is 23.2 Å². The molecule has 1 rings (SSSR count). The molecule has 2 N–H and O–H groups in total. The fourth-order valence-corrected chi connectivity index (χ4v) is 1.17. The fourth-order valence-electron chi connectivity index (χ4n) is 0.758. The highest BCUT2D eigenvalue weighted by Crippen LogP contribution is 2.26. The Morgan fingerprint density at radius 1 is 1.36 bits per heavy atom. The molecule has 0 spiro atoms. The summed E-state index contributed by atoms with van der Waals surface area (Å²) in [4.78, 5) is 0. The van der Waals surface area contributed by atoms with Gasteiger partial charge < -0.3 is 5.73 Å². The first-order valence-corrected chi connectivity index (χ1v) is 3.74. The SMILES string of the molecule is NCc1cc(F)cc(Cl)c1Cl. The van der Waals surface area contributed by atoms with Gasteiger partial charge in [0.25, 0.3) is 0 Å². The summed E-state index contributed by atoms with van der Waals surface area (Å²) in [7, 11) is 0. The van der Waals surface area contributed by atoms with Crippen molar-refractivity contribution in [1.29, 1.82) is 0 Å². The van der Waals surface area contributed by atoms with Gasteiger partial charge in [0.15, 0.2) is 0 Å². The van der Waals surface area contributed by atoms with E-state index in [1.165, 1.54) is 6.07 Å². The Morgan fingerprint density at radius 3 is 2.55 bits per heavy atom. The lowest BCUT2D eigenvalue weighted by Crippen LogP contribution is -1.98. The van der Waals surface area contributed by atoms with Crippen molar-refractivity contribution in [3.05, 3.63) is 33.6 Å². The van der Waals surface area contributed by atoms with Crippen LogP contribution in [0.2, 0.25) is 10.0 Å². The molecule has 0 amide bonds. The number of halogens is 3. The van der Waals surface area contributed by atoms with E-state index in [1.807, 2.05) is 0 Å². The van der Waals surface area contributed by atoms with E-state index in [0.717, 1.165) is 6.07 Å². The van der Waals surface area contributed by atoms with Gasteiger partial charge in [-0.25, -0.2) is 4.39 Å². The van der Waals surface area contributed by atoms with E-state index in [0.29, 0.717) is 10.6 Å². The summed E-state index contributed by atoms with van der Waals surface area (Å²) in [6.45, 7) is 0.191. The van der Waals surface area contributed by atoms with E-state index in [9.17, 15) is 4.39 Å². The molecule has 1 aromatic carbocycles. The summed E-state index contributed by atoms with van der Waals surface area (Å²) in [5, 5.41) is 0.530. The third-order valence-electron chi connectivity index (χ3n) is 1.29. The molecule has 0 bridgehead atoms. The minimum atomic E-state index is -0.417. The lowest BCUT2D eigenvalue weighted by molar-refractivity contribution is 0.625. The van der Waals surface area contributed by atoms with Gasteiger partial charge in [-0.3, -0.25) is 0 Å². The standard InChI is InChI=1S/C7H6Cl2FN/c8-6-2-5(10)1-4(3-11)7(6)9/h1-2H,3,11H2. The lowest BCUT2D eigenvalue weighted by Gasteiger charge is -2.02. The van der Waals surface area contributed by atoms with Crippen molar-refractivity contribution < 1.29 is 4.39 Å². The molecule has 0 heterocycles. The number of hydrogen-bond acceptors (Lipinski definition) is 1. The normalized spacial score (nSPS) is 10.2. The molecule has 0 aliphatic carbocycles. The maximum Gasteiger partial charge on any atom is 0.125 e. The van der Waals surface area contributed by atoms with Crippen molar-refractivity contribution in [1.82, 2.24) is 0 Å². The average molecular weight is 194 g/mol. The molecule has 0 fully saturated rings. The zero-order valence-corrected chi connectivity index (χ0v) is 7.08. The lowest BCUT2D eigenvalue weighted by atomic mass is 10.2. The van der Waals surface area contributed by atoms with Gasteiger partial charge in [0.05, 0.1) is 10.0 Å². The van der Waals surface area contributed by atoms with E-state index < -0.39 is 5.82 Å². The second-order valence-corrected chi connectivity index (χ2v) is 2.85. The minimum Gasteiger partial charge on any atom is -0.326 e. The third-order valence-corrected chi connectivity index (χ3v) is 2.13. The monoisotopic (exact) mass is 193 g/mol. The number of benzene rings is 1. The van der Waals surface area contributed by atoms with Gasteiger partial charge in [-0.2, -0.15) is 0 Å². The highest BCUT2D eigenvalue weighted by Gasteiger charge is 2.05. The zero-order valence-electron chi connectivity index (χ0n) is 5.57. The minimum absolute atomic E-state index is 0.191. The molecule has 0 saturated carbocycles. The summed E-state index contributed by atoms with van der Waals surface area (Å²) in [5.41, 5.74) is 5.80. The van der Waals surface area contributed by atoms with Crippen molar-refractivity contribution in [2.45, 2.75) is 6.54 Å². The molecule has 0 aliphatic heterocycles. The van der Waals surface area contributed by atoms with Gasteiger partial charge in [-0.05, 0) is 17.7 Å². The van der Waals surface area contributed by atoms with Crippen LogP contribution in [-0.2, 0) is 6.54 Å². The van der Waals surface area contributed by atoms with Crippen LogP contribution < -0.4 is 5.73 Å². The van der Waals surface area contributed by atoms with Crippen LogP contribution in [0.3, 0.4) is 0 Å². The van der Waals surface area contributed by atoms with E-state index in [1.54, 1.807) is 0 Å². The summed E-state index contributed by atoms with van der Waals surface area (Å²) >= 11 is 11.3. The maximum atomic E-state index is 12.6. The van der Waals surface area contributed by atoms with Crippen LogP contribution in [0.15, 0.2) is 12.1 Å². The summed E-state index contributed by atoms with van der Waals surface area (Å²) in [5.74, 6) is -0.417. The van der Waals surface area contributed by atoms with Gasteiger partial charge in [-0.15, -0.1) is 0 Å². The Hall–Kier alpha value is -0.310. The molecule has 0 saturated heterocycles. The topological polar surface area (TPSA) is 26.0 Å². The smallest absolute Gasteiger partial charge is 0.125 e. The molecule has 0 atom stereocenters. The summed E-state index contributed by atoms with van der Waals surface area (Å²) in [6, 6.07) is 2.43. The molecule has 0 radical (unpaired) electrons. The summed E-state index contributed by atoms with van der Waals surface area (Å²) < 4.78 is 12.6. The second-order valence-electron chi connectivity index (χ2n) is 2.06. The first kappa shape index (κ1) is 8.78. The quantitative estimate of drug-likeness (QED) is 0.683. The summed E-state index contributed by atoms with van der Waals surface area (Å²) in [6.07, 6.45) is 0. The number of rotatable bonds is 1. The van der Waals surface area contributed by atoms with Gasteiger partial charge in [0, 0.05) is 6.54 Å². The fraction of sp³-hybridized carbons (Fsp3) is 0.143. The number of nitrogens with two attached hydrogens (primary N) is 1. The van der Waals surface area contributed by atoms with Crippen LogP contribution in [-0.4, -0.2) is 0 Å².